The molecule has 6 heteroatoms. The molecule has 0 bridgehead atoms. The molecule has 1 saturated heterocycles. The zero-order chi connectivity index (χ0) is 18.4. The van der Waals surface area contributed by atoms with Gasteiger partial charge in [0.05, 0.1) is 5.56 Å². The number of benzene rings is 1. The van der Waals surface area contributed by atoms with E-state index in [4.69, 9.17) is 4.74 Å². The molecule has 0 saturated carbocycles. The number of rotatable bonds is 5. The molecule has 2 unspecified atom stereocenters. The number of hydrogen-bond donors (Lipinski definition) is 1. The Hall–Kier alpha value is -2.37. The first kappa shape index (κ1) is 19.0. The fraction of sp³-hybridized carbons (Fsp3) is 0.526. The van der Waals surface area contributed by atoms with Gasteiger partial charge in [-0.05, 0) is 56.9 Å². The van der Waals surface area contributed by atoms with E-state index >= 15 is 0 Å². The topological polar surface area (TPSA) is 75.7 Å². The average molecular weight is 346 g/mol. The lowest BCUT2D eigenvalue weighted by Crippen LogP contribution is -2.48. The lowest BCUT2D eigenvalue weighted by molar-refractivity contribution is -0.143. The Morgan fingerprint density at radius 3 is 2.52 bits per heavy atom. The van der Waals surface area contributed by atoms with Gasteiger partial charge in [-0.1, -0.05) is 6.92 Å². The molecule has 25 heavy (non-hydrogen) atoms. The fourth-order valence-corrected chi connectivity index (χ4v) is 3.12. The molecule has 0 aromatic heterocycles. The molecule has 1 aromatic rings. The van der Waals surface area contributed by atoms with Gasteiger partial charge < -0.3 is 15.0 Å². The second-order valence-electron chi connectivity index (χ2n) is 6.40. The van der Waals surface area contributed by atoms with Gasteiger partial charge in [-0.3, -0.25) is 9.59 Å². The molecule has 0 aliphatic carbocycles. The SMILES string of the molecule is CCC1CCCCN1C(=O)C(C)OC(=O)c1ccc(NC(C)=O)cc1. The van der Waals surface area contributed by atoms with Crippen molar-refractivity contribution >= 4 is 23.5 Å². The van der Waals surface area contributed by atoms with Crippen molar-refractivity contribution in [3.63, 3.8) is 0 Å². The van der Waals surface area contributed by atoms with Gasteiger partial charge in [0.2, 0.25) is 5.91 Å². The molecule has 2 amide bonds. The summed E-state index contributed by atoms with van der Waals surface area (Å²) in [5.41, 5.74) is 0.951. The van der Waals surface area contributed by atoms with Gasteiger partial charge in [0.25, 0.3) is 5.91 Å². The number of piperidine rings is 1. The molecule has 6 nitrogen and oxygen atoms in total. The standard InChI is InChI=1S/C19H26N2O4/c1-4-17-7-5-6-12-21(17)18(23)13(2)25-19(24)15-8-10-16(11-9-15)20-14(3)22/h8-11,13,17H,4-7,12H2,1-3H3,(H,20,22). The first-order valence-electron chi connectivity index (χ1n) is 8.81. The third-order valence-corrected chi connectivity index (χ3v) is 4.45. The highest BCUT2D eigenvalue weighted by atomic mass is 16.5. The largest absolute Gasteiger partial charge is 0.449 e. The van der Waals surface area contributed by atoms with Crippen LogP contribution in [0.15, 0.2) is 24.3 Å². The molecule has 1 aliphatic rings. The van der Waals surface area contributed by atoms with Crippen LogP contribution in [0.4, 0.5) is 5.69 Å². The fourth-order valence-electron chi connectivity index (χ4n) is 3.12. The maximum absolute atomic E-state index is 12.6. The molecule has 1 fully saturated rings. The lowest BCUT2D eigenvalue weighted by Gasteiger charge is -2.36. The Morgan fingerprint density at radius 1 is 1.24 bits per heavy atom. The van der Waals surface area contributed by atoms with E-state index in [2.05, 4.69) is 12.2 Å². The molecule has 1 aromatic carbocycles. The normalized spacial score (nSPS) is 18.4. The van der Waals surface area contributed by atoms with E-state index in [0.717, 1.165) is 32.2 Å². The van der Waals surface area contributed by atoms with Crippen molar-refractivity contribution < 1.29 is 19.1 Å². The number of ether oxygens (including phenoxy) is 1. The van der Waals surface area contributed by atoms with Gasteiger partial charge in [-0.25, -0.2) is 4.79 Å². The van der Waals surface area contributed by atoms with Crippen molar-refractivity contribution in [2.45, 2.75) is 58.6 Å². The van der Waals surface area contributed by atoms with Crippen molar-refractivity contribution in [2.75, 3.05) is 11.9 Å². The number of nitrogens with zero attached hydrogens (tertiary/aromatic N) is 1. The summed E-state index contributed by atoms with van der Waals surface area (Å²) < 4.78 is 5.35. The van der Waals surface area contributed by atoms with Crippen LogP contribution < -0.4 is 5.32 Å². The minimum atomic E-state index is -0.810. The number of hydrogen-bond acceptors (Lipinski definition) is 4. The van der Waals surface area contributed by atoms with E-state index in [1.807, 2.05) is 4.90 Å². The monoisotopic (exact) mass is 346 g/mol. The van der Waals surface area contributed by atoms with Crippen molar-refractivity contribution in [1.82, 2.24) is 4.90 Å². The second kappa shape index (κ2) is 8.65. The van der Waals surface area contributed by atoms with E-state index in [-0.39, 0.29) is 17.9 Å². The molecular weight excluding hydrogens is 320 g/mol. The summed E-state index contributed by atoms with van der Waals surface area (Å²) in [7, 11) is 0. The number of anilines is 1. The maximum Gasteiger partial charge on any atom is 0.338 e. The first-order chi connectivity index (χ1) is 11.9. The Labute approximate surface area is 148 Å². The van der Waals surface area contributed by atoms with E-state index < -0.39 is 12.1 Å². The van der Waals surface area contributed by atoms with Crippen molar-refractivity contribution in [3.05, 3.63) is 29.8 Å². The molecule has 1 aliphatic heterocycles. The predicted octanol–water partition coefficient (Wildman–Crippen LogP) is 2.98. The van der Waals surface area contributed by atoms with E-state index in [1.165, 1.54) is 6.92 Å². The van der Waals surface area contributed by atoms with Crippen LogP contribution in [0.5, 0.6) is 0 Å². The highest BCUT2D eigenvalue weighted by Crippen LogP contribution is 2.21. The number of carbonyl (C=O) groups is 3. The van der Waals surface area contributed by atoms with Gasteiger partial charge in [0, 0.05) is 25.2 Å². The van der Waals surface area contributed by atoms with E-state index in [1.54, 1.807) is 31.2 Å². The summed E-state index contributed by atoms with van der Waals surface area (Å²) in [6.07, 6.45) is 3.24. The summed E-state index contributed by atoms with van der Waals surface area (Å²) >= 11 is 0. The van der Waals surface area contributed by atoms with Crippen molar-refractivity contribution in [1.29, 1.82) is 0 Å². The molecule has 2 rings (SSSR count). The summed E-state index contributed by atoms with van der Waals surface area (Å²) in [5, 5.41) is 2.63. The number of amides is 2. The third kappa shape index (κ3) is 5.05. The summed E-state index contributed by atoms with van der Waals surface area (Å²) in [6.45, 7) is 5.83. The molecule has 2 atom stereocenters. The molecular formula is C19H26N2O4. The Kier molecular flexibility index (Phi) is 6.56. The minimum Gasteiger partial charge on any atom is -0.449 e. The van der Waals surface area contributed by atoms with Crippen LogP contribution in [0.25, 0.3) is 0 Å². The predicted molar refractivity (Wildman–Crippen MR) is 95.3 cm³/mol. The maximum atomic E-state index is 12.6. The third-order valence-electron chi connectivity index (χ3n) is 4.45. The zero-order valence-corrected chi connectivity index (χ0v) is 15.1. The average Bonchev–Trinajstić information content (AvgIpc) is 2.61. The van der Waals surface area contributed by atoms with Crippen LogP contribution in [-0.4, -0.2) is 41.4 Å². The summed E-state index contributed by atoms with van der Waals surface area (Å²) in [6, 6.07) is 6.63. The molecule has 1 N–H and O–H groups in total. The highest BCUT2D eigenvalue weighted by Gasteiger charge is 2.30. The van der Waals surface area contributed by atoms with Gasteiger partial charge in [0.1, 0.15) is 0 Å². The van der Waals surface area contributed by atoms with Gasteiger partial charge in [-0.2, -0.15) is 0 Å². The Morgan fingerprint density at radius 2 is 1.92 bits per heavy atom. The number of carbonyl (C=O) groups excluding carboxylic acids is 3. The van der Waals surface area contributed by atoms with Gasteiger partial charge >= 0.3 is 5.97 Å². The lowest BCUT2D eigenvalue weighted by atomic mass is 9.99. The van der Waals surface area contributed by atoms with Crippen LogP contribution >= 0.6 is 0 Å². The van der Waals surface area contributed by atoms with Crippen LogP contribution in [-0.2, 0) is 14.3 Å². The summed E-state index contributed by atoms with van der Waals surface area (Å²) in [4.78, 5) is 37.7. The Balaban J connectivity index is 1.96. The number of nitrogens with one attached hydrogen (secondary N) is 1. The number of likely N-dealkylation sites (tertiary alicyclic amines) is 1. The number of esters is 1. The van der Waals surface area contributed by atoms with Crippen LogP contribution in [0.1, 0.15) is 56.8 Å². The van der Waals surface area contributed by atoms with Crippen LogP contribution in [0.3, 0.4) is 0 Å². The summed E-state index contributed by atoms with van der Waals surface area (Å²) in [5.74, 6) is -0.850. The van der Waals surface area contributed by atoms with Crippen molar-refractivity contribution in [2.24, 2.45) is 0 Å². The second-order valence-corrected chi connectivity index (χ2v) is 6.40. The quantitative estimate of drug-likeness (QED) is 0.832. The first-order valence-corrected chi connectivity index (χ1v) is 8.81. The van der Waals surface area contributed by atoms with Gasteiger partial charge in [0.15, 0.2) is 6.10 Å². The van der Waals surface area contributed by atoms with Crippen molar-refractivity contribution in [3.8, 4) is 0 Å². The molecule has 0 spiro atoms. The molecule has 0 radical (unpaired) electrons. The smallest absolute Gasteiger partial charge is 0.338 e. The Bertz CT molecular complexity index is 627. The van der Waals surface area contributed by atoms with E-state index in [0.29, 0.717) is 11.3 Å². The molecule has 1 heterocycles. The van der Waals surface area contributed by atoms with Crippen LogP contribution in [0, 0.1) is 0 Å². The van der Waals surface area contributed by atoms with Crippen LogP contribution in [0.2, 0.25) is 0 Å². The van der Waals surface area contributed by atoms with Gasteiger partial charge in [-0.15, -0.1) is 0 Å². The van der Waals surface area contributed by atoms with E-state index in [9.17, 15) is 14.4 Å². The highest BCUT2D eigenvalue weighted by molar-refractivity contribution is 5.93. The molecule has 136 valence electrons. The minimum absolute atomic E-state index is 0.130. The zero-order valence-electron chi connectivity index (χ0n) is 15.1.